The number of imidazole rings is 1. The van der Waals surface area contributed by atoms with Crippen molar-refractivity contribution in [1.82, 2.24) is 9.55 Å². The highest BCUT2D eigenvalue weighted by molar-refractivity contribution is 6.30. The highest BCUT2D eigenvalue weighted by atomic mass is 35.5. The van der Waals surface area contributed by atoms with Gasteiger partial charge < -0.3 is 9.67 Å². The fraction of sp³-hybridized carbons (Fsp3) is 0.167. The van der Waals surface area contributed by atoms with E-state index in [2.05, 4.69) is 4.98 Å². The number of hydrogen-bond acceptors (Lipinski definition) is 2. The van der Waals surface area contributed by atoms with Crippen LogP contribution >= 0.6 is 11.6 Å². The van der Waals surface area contributed by atoms with Crippen LogP contribution in [0.2, 0.25) is 5.02 Å². The molecule has 0 saturated heterocycles. The van der Waals surface area contributed by atoms with Gasteiger partial charge in [0, 0.05) is 24.5 Å². The van der Waals surface area contributed by atoms with Crippen LogP contribution in [0.3, 0.4) is 0 Å². The van der Waals surface area contributed by atoms with E-state index in [1.807, 2.05) is 0 Å². The van der Waals surface area contributed by atoms with Gasteiger partial charge in [-0.2, -0.15) is 0 Å². The number of rotatable bonds is 4. The van der Waals surface area contributed by atoms with Crippen LogP contribution in [0.4, 0.5) is 4.39 Å². The van der Waals surface area contributed by atoms with Crippen LogP contribution in [-0.2, 0) is 11.2 Å². The van der Waals surface area contributed by atoms with E-state index in [0.29, 0.717) is 17.9 Å². The van der Waals surface area contributed by atoms with Crippen LogP contribution < -0.4 is 0 Å². The van der Waals surface area contributed by atoms with E-state index in [-0.39, 0.29) is 11.4 Å². The Kier molecular flexibility index (Phi) is 3.62. The zero-order chi connectivity index (χ0) is 13.1. The molecular weight excluding hydrogens is 259 g/mol. The van der Waals surface area contributed by atoms with E-state index >= 15 is 0 Å². The second-order valence-electron chi connectivity index (χ2n) is 3.71. The third kappa shape index (κ3) is 2.68. The summed E-state index contributed by atoms with van der Waals surface area (Å²) in [7, 11) is 0. The van der Waals surface area contributed by atoms with Gasteiger partial charge in [0.2, 0.25) is 0 Å². The number of benzene rings is 1. The summed E-state index contributed by atoms with van der Waals surface area (Å²) in [4.78, 5) is 14.6. The summed E-state index contributed by atoms with van der Waals surface area (Å²) in [5.41, 5.74) is 0.652. The first-order valence-electron chi connectivity index (χ1n) is 5.27. The van der Waals surface area contributed by atoms with Gasteiger partial charge in [-0.1, -0.05) is 11.6 Å². The van der Waals surface area contributed by atoms with E-state index in [0.717, 1.165) is 0 Å². The van der Waals surface area contributed by atoms with E-state index in [9.17, 15) is 9.18 Å². The number of halogens is 2. The molecule has 94 valence electrons. The van der Waals surface area contributed by atoms with Crippen molar-refractivity contribution >= 4 is 17.6 Å². The molecule has 1 heterocycles. The molecule has 1 aromatic carbocycles. The predicted molar refractivity (Wildman–Crippen MR) is 64.5 cm³/mol. The summed E-state index contributed by atoms with van der Waals surface area (Å²) in [6, 6.07) is 4.30. The summed E-state index contributed by atoms with van der Waals surface area (Å²) in [6.45, 7) is 0. The Bertz CT molecular complexity index is 583. The van der Waals surface area contributed by atoms with Gasteiger partial charge in [-0.15, -0.1) is 0 Å². The number of carbonyl (C=O) groups is 1. The van der Waals surface area contributed by atoms with Crippen LogP contribution in [-0.4, -0.2) is 20.6 Å². The van der Waals surface area contributed by atoms with Crippen LogP contribution in [0.15, 0.2) is 30.6 Å². The topological polar surface area (TPSA) is 55.1 Å². The van der Waals surface area contributed by atoms with Crippen molar-refractivity contribution in [2.45, 2.75) is 12.8 Å². The molecule has 0 saturated carbocycles. The summed E-state index contributed by atoms with van der Waals surface area (Å²) < 4.78 is 14.7. The first kappa shape index (κ1) is 12.6. The average molecular weight is 269 g/mol. The molecule has 18 heavy (non-hydrogen) atoms. The number of aromatic nitrogens is 2. The van der Waals surface area contributed by atoms with Crippen molar-refractivity contribution in [3.8, 4) is 5.69 Å². The van der Waals surface area contributed by atoms with E-state index in [4.69, 9.17) is 16.7 Å². The maximum Gasteiger partial charge on any atom is 0.303 e. The van der Waals surface area contributed by atoms with Gasteiger partial charge in [0.25, 0.3) is 0 Å². The number of carboxylic acid groups (broad SMARTS) is 1. The summed E-state index contributed by atoms with van der Waals surface area (Å²) in [5.74, 6) is -0.783. The molecule has 0 spiro atoms. The number of carboxylic acids is 1. The monoisotopic (exact) mass is 268 g/mol. The lowest BCUT2D eigenvalue weighted by molar-refractivity contribution is -0.137. The highest BCUT2D eigenvalue weighted by Crippen LogP contribution is 2.20. The largest absolute Gasteiger partial charge is 0.481 e. The van der Waals surface area contributed by atoms with E-state index < -0.39 is 11.8 Å². The Morgan fingerprint density at radius 1 is 1.50 bits per heavy atom. The van der Waals surface area contributed by atoms with Gasteiger partial charge in [-0.3, -0.25) is 4.79 Å². The maximum atomic E-state index is 13.1. The minimum Gasteiger partial charge on any atom is -0.481 e. The van der Waals surface area contributed by atoms with Gasteiger partial charge in [-0.25, -0.2) is 9.37 Å². The number of hydrogen-bond donors (Lipinski definition) is 1. The van der Waals surface area contributed by atoms with Crippen molar-refractivity contribution < 1.29 is 14.3 Å². The molecule has 0 aliphatic heterocycles. The van der Waals surface area contributed by atoms with Gasteiger partial charge in [0.1, 0.15) is 11.6 Å². The normalized spacial score (nSPS) is 10.6. The van der Waals surface area contributed by atoms with Gasteiger partial charge >= 0.3 is 5.97 Å². The molecule has 2 rings (SSSR count). The Labute approximate surface area is 108 Å². The molecule has 1 N–H and O–H groups in total. The maximum absolute atomic E-state index is 13.1. The summed E-state index contributed by atoms with van der Waals surface area (Å²) in [5, 5.41) is 8.67. The number of aryl methyl sites for hydroxylation is 1. The van der Waals surface area contributed by atoms with Crippen molar-refractivity contribution in [2.24, 2.45) is 0 Å². The molecule has 1 aromatic heterocycles. The van der Waals surface area contributed by atoms with Crippen molar-refractivity contribution in [1.29, 1.82) is 0 Å². The molecule has 0 bridgehead atoms. The quantitative estimate of drug-likeness (QED) is 0.927. The van der Waals surface area contributed by atoms with Crippen LogP contribution in [0.5, 0.6) is 0 Å². The van der Waals surface area contributed by atoms with Crippen LogP contribution in [0.1, 0.15) is 12.2 Å². The molecule has 0 atom stereocenters. The average Bonchev–Trinajstić information content (AvgIpc) is 2.78. The zero-order valence-electron chi connectivity index (χ0n) is 9.31. The standard InChI is InChI=1S/C12H10ClFN2O2/c13-9-7-8(1-2-10(9)14)16-6-5-15-11(16)3-4-12(17)18/h1-2,5-7H,3-4H2,(H,17,18). The Morgan fingerprint density at radius 2 is 2.28 bits per heavy atom. The smallest absolute Gasteiger partial charge is 0.303 e. The Hall–Kier alpha value is -1.88. The van der Waals surface area contributed by atoms with Crippen LogP contribution in [0.25, 0.3) is 5.69 Å². The van der Waals surface area contributed by atoms with Gasteiger partial charge in [-0.05, 0) is 18.2 Å². The first-order chi connectivity index (χ1) is 8.58. The van der Waals surface area contributed by atoms with Crippen molar-refractivity contribution in [3.05, 3.63) is 47.3 Å². The number of nitrogens with zero attached hydrogens (tertiary/aromatic N) is 2. The van der Waals surface area contributed by atoms with E-state index in [1.54, 1.807) is 23.0 Å². The molecule has 0 aliphatic rings. The third-order valence-corrected chi connectivity index (χ3v) is 2.75. The predicted octanol–water partition coefficient (Wildman–Crippen LogP) is 2.68. The lowest BCUT2D eigenvalue weighted by Crippen LogP contribution is -2.04. The Morgan fingerprint density at radius 3 is 2.94 bits per heavy atom. The van der Waals surface area contributed by atoms with Gasteiger partial charge in [0.05, 0.1) is 11.4 Å². The number of aliphatic carboxylic acids is 1. The lowest BCUT2D eigenvalue weighted by atomic mass is 10.2. The molecule has 0 radical (unpaired) electrons. The van der Waals surface area contributed by atoms with Gasteiger partial charge in [0.15, 0.2) is 0 Å². The lowest BCUT2D eigenvalue weighted by Gasteiger charge is -2.07. The Balaban J connectivity index is 2.30. The molecule has 0 amide bonds. The first-order valence-corrected chi connectivity index (χ1v) is 5.65. The fourth-order valence-corrected chi connectivity index (χ4v) is 1.78. The minimum absolute atomic E-state index is 0.00800. The fourth-order valence-electron chi connectivity index (χ4n) is 1.61. The minimum atomic E-state index is -0.887. The molecule has 6 heteroatoms. The molecule has 2 aromatic rings. The van der Waals surface area contributed by atoms with E-state index in [1.165, 1.54) is 12.1 Å². The molecular formula is C12H10ClFN2O2. The van der Waals surface area contributed by atoms with Crippen LogP contribution in [0, 0.1) is 5.82 Å². The second-order valence-corrected chi connectivity index (χ2v) is 4.11. The van der Waals surface area contributed by atoms with Crippen molar-refractivity contribution in [3.63, 3.8) is 0 Å². The SMILES string of the molecule is O=C(O)CCc1nccn1-c1ccc(F)c(Cl)c1. The summed E-state index contributed by atoms with van der Waals surface area (Å²) in [6.07, 6.45) is 3.54. The zero-order valence-corrected chi connectivity index (χ0v) is 10.1. The third-order valence-electron chi connectivity index (χ3n) is 2.46. The molecule has 0 unspecified atom stereocenters. The van der Waals surface area contributed by atoms with Crippen molar-refractivity contribution in [2.75, 3.05) is 0 Å². The summed E-state index contributed by atoms with van der Waals surface area (Å²) >= 11 is 5.71. The molecule has 0 aliphatic carbocycles. The highest BCUT2D eigenvalue weighted by Gasteiger charge is 2.09. The molecule has 4 nitrogen and oxygen atoms in total. The second kappa shape index (κ2) is 5.18. The molecule has 0 fully saturated rings.